The van der Waals surface area contributed by atoms with Gasteiger partial charge in [0.15, 0.2) is 5.75 Å². The first-order valence-electron chi connectivity index (χ1n) is 5.59. The van der Waals surface area contributed by atoms with Crippen molar-refractivity contribution < 1.29 is 48.5 Å². The molecule has 130 valence electrons. The van der Waals surface area contributed by atoms with Gasteiger partial charge in [0.05, 0.1) is 0 Å². The van der Waals surface area contributed by atoms with E-state index in [0.29, 0.717) is 0 Å². The van der Waals surface area contributed by atoms with Gasteiger partial charge in [-0.2, -0.15) is 34.8 Å². The third kappa shape index (κ3) is 5.30. The molecule has 0 fully saturated rings. The fourth-order valence-corrected chi connectivity index (χ4v) is 1.90. The van der Waals surface area contributed by atoms with Gasteiger partial charge in [0.2, 0.25) is 0 Å². The van der Waals surface area contributed by atoms with Crippen molar-refractivity contribution in [2.75, 3.05) is 0 Å². The molecule has 0 radical (unpaired) electrons. The Morgan fingerprint density at radius 3 is 1.78 bits per heavy atom. The molecule has 23 heavy (non-hydrogen) atoms. The molecule has 0 aromatic heterocycles. The monoisotopic (exact) mass is 366 g/mol. The second kappa shape index (κ2) is 6.64. The lowest BCUT2D eigenvalue weighted by atomic mass is 10.0. The highest BCUT2D eigenvalue weighted by Crippen LogP contribution is 2.45. The minimum Gasteiger partial charge on any atom is -0.461 e. The topological polar surface area (TPSA) is 69.7 Å². The lowest BCUT2D eigenvalue weighted by Crippen LogP contribution is -2.16. The summed E-state index contributed by atoms with van der Waals surface area (Å²) in [6.45, 7) is 0.0557. The van der Waals surface area contributed by atoms with Crippen LogP contribution in [0.1, 0.15) is 23.6 Å². The van der Waals surface area contributed by atoms with Gasteiger partial charge in [-0.1, -0.05) is 0 Å². The van der Waals surface area contributed by atoms with Crippen LogP contribution in [-0.2, 0) is 39.5 Å². The van der Waals surface area contributed by atoms with Crippen molar-refractivity contribution in [1.29, 1.82) is 0 Å². The molecule has 1 aromatic rings. The van der Waals surface area contributed by atoms with Crippen LogP contribution < -0.4 is 4.18 Å². The van der Waals surface area contributed by atoms with Crippen molar-refractivity contribution in [3.8, 4) is 5.75 Å². The minimum atomic E-state index is -5.33. The average Bonchev–Trinajstić information content (AvgIpc) is 2.33. The van der Waals surface area contributed by atoms with Gasteiger partial charge in [0.1, 0.15) is 17.7 Å². The van der Waals surface area contributed by atoms with Gasteiger partial charge < -0.3 is 8.92 Å². The number of carbonyl (C=O) groups is 1. The standard InChI is InChI=1S/C11H8F6O5S/c1-5(18)21-4-6-2-7(10(12,13)14)9(22-23(19)20)8(3-6)11(15,16)17/h2-3,23H,4H2,1H3. The van der Waals surface area contributed by atoms with Crippen LogP contribution in [-0.4, -0.2) is 14.4 Å². The van der Waals surface area contributed by atoms with Crippen LogP contribution in [0.15, 0.2) is 12.1 Å². The fourth-order valence-electron chi connectivity index (χ4n) is 1.55. The molecular formula is C11H8F6O5S. The quantitative estimate of drug-likeness (QED) is 0.504. The maximum atomic E-state index is 12.9. The Hall–Kier alpha value is -1.98. The molecule has 0 saturated heterocycles. The minimum absolute atomic E-state index is 0.215. The molecule has 0 aliphatic rings. The van der Waals surface area contributed by atoms with Gasteiger partial charge in [-0.25, -0.2) is 0 Å². The molecule has 0 atom stereocenters. The molecule has 12 heteroatoms. The Bertz CT molecular complexity index is 633. The van der Waals surface area contributed by atoms with Gasteiger partial charge in [-0.05, 0) is 17.7 Å². The molecule has 0 amide bonds. The van der Waals surface area contributed by atoms with Crippen LogP contribution in [0.5, 0.6) is 5.75 Å². The van der Waals surface area contributed by atoms with Crippen molar-refractivity contribution >= 4 is 17.0 Å². The second-order valence-corrected chi connectivity index (χ2v) is 4.74. The van der Waals surface area contributed by atoms with E-state index < -0.39 is 58.4 Å². The van der Waals surface area contributed by atoms with Crippen molar-refractivity contribution in [2.24, 2.45) is 0 Å². The molecule has 1 aromatic carbocycles. The predicted molar refractivity (Wildman–Crippen MR) is 62.9 cm³/mol. The first kappa shape index (κ1) is 19.1. The van der Waals surface area contributed by atoms with Crippen molar-refractivity contribution in [2.45, 2.75) is 25.9 Å². The smallest absolute Gasteiger partial charge is 0.420 e. The SMILES string of the molecule is CC(=O)OCc1cc(C(F)(F)F)c(O[SH](=O)=O)c(C(F)(F)F)c1. The number of carbonyl (C=O) groups excluding carboxylic acids is 1. The summed E-state index contributed by atoms with van der Waals surface area (Å²) in [6, 6.07) is 0.429. The third-order valence-corrected chi connectivity index (χ3v) is 2.70. The van der Waals surface area contributed by atoms with E-state index >= 15 is 0 Å². The maximum Gasteiger partial charge on any atom is 0.420 e. The zero-order chi connectivity index (χ0) is 18.0. The summed E-state index contributed by atoms with van der Waals surface area (Å²) in [4.78, 5) is 10.6. The van der Waals surface area contributed by atoms with Crippen LogP contribution in [0.25, 0.3) is 0 Å². The molecule has 0 heterocycles. The summed E-state index contributed by atoms with van der Waals surface area (Å²) >= 11 is 0. The Labute approximate surface area is 127 Å². The molecule has 5 nitrogen and oxygen atoms in total. The van der Waals surface area contributed by atoms with E-state index in [1.165, 1.54) is 0 Å². The third-order valence-electron chi connectivity index (χ3n) is 2.37. The van der Waals surface area contributed by atoms with E-state index in [1.54, 1.807) is 0 Å². The van der Waals surface area contributed by atoms with Crippen molar-refractivity contribution in [3.05, 3.63) is 28.8 Å². The number of ether oxygens (including phenoxy) is 1. The molecule has 0 saturated carbocycles. The number of hydrogen-bond donors (Lipinski definition) is 1. The predicted octanol–water partition coefficient (Wildman–Crippen LogP) is 2.69. The van der Waals surface area contributed by atoms with Crippen molar-refractivity contribution in [3.63, 3.8) is 0 Å². The summed E-state index contributed by atoms with van der Waals surface area (Å²) in [5, 5.41) is 0. The first-order valence-corrected chi connectivity index (χ1v) is 6.69. The van der Waals surface area contributed by atoms with Gasteiger partial charge in [0, 0.05) is 6.92 Å². The van der Waals surface area contributed by atoms with Crippen LogP contribution in [0.2, 0.25) is 0 Å². The van der Waals surface area contributed by atoms with E-state index in [1.807, 2.05) is 0 Å². The zero-order valence-corrected chi connectivity index (χ0v) is 12.0. The zero-order valence-electron chi connectivity index (χ0n) is 11.1. The number of esters is 1. The number of halogens is 6. The summed E-state index contributed by atoms with van der Waals surface area (Å²) < 4.78 is 106. The number of benzene rings is 1. The molecular weight excluding hydrogens is 358 g/mol. The highest BCUT2D eigenvalue weighted by molar-refractivity contribution is 7.67. The summed E-state index contributed by atoms with van der Waals surface area (Å²) in [7, 11) is -4.02. The molecule has 0 aliphatic carbocycles. The number of rotatable bonds is 4. The largest absolute Gasteiger partial charge is 0.461 e. The Kier molecular flexibility index (Phi) is 5.51. The molecule has 0 N–H and O–H groups in total. The van der Waals surface area contributed by atoms with Crippen LogP contribution in [0.3, 0.4) is 0 Å². The highest BCUT2D eigenvalue weighted by atomic mass is 32.2. The molecule has 0 bridgehead atoms. The van der Waals surface area contributed by atoms with E-state index in [-0.39, 0.29) is 12.1 Å². The summed E-state index contributed by atoms with van der Waals surface area (Å²) in [5.74, 6) is -2.80. The van der Waals surface area contributed by atoms with Gasteiger partial charge in [0.25, 0.3) is 11.0 Å². The normalized spacial score (nSPS) is 12.3. The van der Waals surface area contributed by atoms with E-state index in [4.69, 9.17) is 0 Å². The van der Waals surface area contributed by atoms with Gasteiger partial charge in [-0.15, -0.1) is 0 Å². The summed E-state index contributed by atoms with van der Waals surface area (Å²) in [5.41, 5.74) is -4.53. The highest BCUT2D eigenvalue weighted by Gasteiger charge is 2.43. The number of hydrogen-bond acceptors (Lipinski definition) is 5. The second-order valence-electron chi connectivity index (χ2n) is 4.11. The van der Waals surface area contributed by atoms with E-state index in [2.05, 4.69) is 8.92 Å². The molecule has 0 spiro atoms. The fraction of sp³-hybridized carbons (Fsp3) is 0.364. The molecule has 1 rings (SSSR count). The van der Waals surface area contributed by atoms with Gasteiger partial charge >= 0.3 is 18.3 Å². The van der Waals surface area contributed by atoms with Crippen LogP contribution >= 0.6 is 0 Å². The van der Waals surface area contributed by atoms with Crippen LogP contribution in [0.4, 0.5) is 26.3 Å². The Morgan fingerprint density at radius 1 is 1.04 bits per heavy atom. The maximum absolute atomic E-state index is 12.9. The van der Waals surface area contributed by atoms with Crippen molar-refractivity contribution in [1.82, 2.24) is 0 Å². The molecule has 0 aliphatic heterocycles. The Balaban J connectivity index is 3.61. The average molecular weight is 366 g/mol. The first-order chi connectivity index (χ1) is 10.3. The summed E-state index contributed by atoms with van der Waals surface area (Å²) in [6.07, 6.45) is -10.7. The number of alkyl halides is 6. The van der Waals surface area contributed by atoms with E-state index in [9.17, 15) is 39.6 Å². The van der Waals surface area contributed by atoms with Gasteiger partial charge in [-0.3, -0.25) is 4.79 Å². The lowest BCUT2D eigenvalue weighted by molar-refractivity contribution is -0.144. The van der Waals surface area contributed by atoms with Crippen LogP contribution in [0, 0.1) is 0 Å². The molecule has 0 unspecified atom stereocenters. The number of thiol groups is 1. The Morgan fingerprint density at radius 2 is 1.48 bits per heavy atom. The lowest BCUT2D eigenvalue weighted by Gasteiger charge is -2.18. The van der Waals surface area contributed by atoms with E-state index in [0.717, 1.165) is 6.92 Å².